The van der Waals surface area contributed by atoms with Crippen LogP contribution in [0.4, 0.5) is 18.9 Å². The molecule has 3 aromatic carbocycles. The van der Waals surface area contributed by atoms with E-state index in [1.807, 2.05) is 72.9 Å². The molecule has 0 radical (unpaired) electrons. The predicted octanol–water partition coefficient (Wildman–Crippen LogP) is 6.43. The molecule has 222 valence electrons. The number of carboxylic acids is 1. The molecule has 0 saturated carbocycles. The Balaban J connectivity index is 0.000000616. The van der Waals surface area contributed by atoms with Crippen LogP contribution in [-0.4, -0.2) is 52.0 Å². The van der Waals surface area contributed by atoms with Crippen molar-refractivity contribution < 1.29 is 32.7 Å². The largest absolute Gasteiger partial charge is 0.490 e. The lowest BCUT2D eigenvalue weighted by atomic mass is 10.0. The Labute approximate surface area is 256 Å². The first-order valence-electron chi connectivity index (χ1n) is 12.6. The highest BCUT2D eigenvalue weighted by atomic mass is 79.9. The minimum absolute atomic E-state index is 0.150. The molecule has 1 atom stereocenters. The molecule has 0 spiro atoms. The summed E-state index contributed by atoms with van der Waals surface area (Å²) in [6, 6.07) is 22.0. The number of hydrogen-bond donors (Lipinski definition) is 4. The van der Waals surface area contributed by atoms with Crippen molar-refractivity contribution in [3.8, 4) is 0 Å². The second-order valence-corrected chi connectivity index (χ2v) is 10.7. The number of rotatable bonds is 9. The van der Waals surface area contributed by atoms with Crippen LogP contribution in [0, 0.1) is 0 Å². The molecular formula is C29H27Br2F3N4O4. The average molecular weight is 712 g/mol. The number of anilines is 1. The van der Waals surface area contributed by atoms with Gasteiger partial charge in [-0.2, -0.15) is 13.2 Å². The van der Waals surface area contributed by atoms with Crippen molar-refractivity contribution >= 4 is 66.2 Å². The zero-order valence-electron chi connectivity index (χ0n) is 22.0. The van der Waals surface area contributed by atoms with Crippen LogP contribution in [-0.2, 0) is 20.8 Å². The summed E-state index contributed by atoms with van der Waals surface area (Å²) >= 11 is 7.08. The molecule has 0 aliphatic carbocycles. The number of fused-ring (bicyclic) bond motifs is 1. The van der Waals surface area contributed by atoms with Gasteiger partial charge in [0.05, 0.1) is 0 Å². The summed E-state index contributed by atoms with van der Waals surface area (Å²) in [5.74, 6) is -3.22. The number of benzene rings is 3. The number of carboxylic acid groups (broad SMARTS) is 1. The molecule has 1 heterocycles. The van der Waals surface area contributed by atoms with Crippen molar-refractivity contribution in [3.05, 3.63) is 99.1 Å². The number of nitrogens with zero attached hydrogens (tertiary/aromatic N) is 1. The Morgan fingerprint density at radius 1 is 1.00 bits per heavy atom. The maximum Gasteiger partial charge on any atom is 0.490 e. The van der Waals surface area contributed by atoms with Gasteiger partial charge in [-0.05, 0) is 47.9 Å². The number of para-hydroxylation sites is 2. The minimum atomic E-state index is -5.08. The zero-order valence-corrected chi connectivity index (χ0v) is 25.2. The summed E-state index contributed by atoms with van der Waals surface area (Å²) in [6.07, 6.45) is -2.38. The van der Waals surface area contributed by atoms with Gasteiger partial charge in [-0.15, -0.1) is 0 Å². The fourth-order valence-electron chi connectivity index (χ4n) is 4.15. The van der Waals surface area contributed by atoms with Gasteiger partial charge >= 0.3 is 12.1 Å². The molecule has 13 heteroatoms. The number of nitrogens with one attached hydrogen (secondary N) is 2. The van der Waals surface area contributed by atoms with E-state index in [0.717, 1.165) is 25.4 Å². The molecule has 0 aliphatic heterocycles. The van der Waals surface area contributed by atoms with Gasteiger partial charge in [-0.1, -0.05) is 74.3 Å². The van der Waals surface area contributed by atoms with Crippen molar-refractivity contribution in [3.63, 3.8) is 0 Å². The Morgan fingerprint density at radius 3 is 2.26 bits per heavy atom. The Hall–Kier alpha value is -3.68. The normalized spacial score (nSPS) is 11.8. The quantitative estimate of drug-likeness (QED) is 0.159. The van der Waals surface area contributed by atoms with Crippen LogP contribution in [0.25, 0.3) is 10.9 Å². The first-order valence-corrected chi connectivity index (χ1v) is 14.2. The number of aromatic amines is 1. The van der Waals surface area contributed by atoms with Gasteiger partial charge < -0.3 is 26.0 Å². The van der Waals surface area contributed by atoms with Crippen LogP contribution >= 0.6 is 31.9 Å². The van der Waals surface area contributed by atoms with Crippen LogP contribution in [0.15, 0.2) is 87.9 Å². The fraction of sp³-hybridized carbons (Fsp3) is 0.207. The van der Waals surface area contributed by atoms with E-state index in [4.69, 9.17) is 15.6 Å². The minimum Gasteiger partial charge on any atom is -0.475 e. The number of hydrogen-bond acceptors (Lipinski definition) is 4. The van der Waals surface area contributed by atoms with Crippen molar-refractivity contribution in [2.75, 3.05) is 18.4 Å². The van der Waals surface area contributed by atoms with Gasteiger partial charge in [0.2, 0.25) is 5.91 Å². The van der Waals surface area contributed by atoms with Gasteiger partial charge in [0, 0.05) is 51.2 Å². The van der Waals surface area contributed by atoms with E-state index < -0.39 is 18.2 Å². The first-order chi connectivity index (χ1) is 19.9. The lowest BCUT2D eigenvalue weighted by Gasteiger charge is -2.32. The molecule has 42 heavy (non-hydrogen) atoms. The molecule has 4 rings (SSSR count). The van der Waals surface area contributed by atoms with E-state index >= 15 is 0 Å². The van der Waals surface area contributed by atoms with Crippen LogP contribution < -0.4 is 11.1 Å². The number of halogens is 5. The number of carbonyl (C=O) groups is 3. The van der Waals surface area contributed by atoms with Crippen molar-refractivity contribution in [1.82, 2.24) is 9.88 Å². The average Bonchev–Trinajstić information content (AvgIpc) is 3.35. The highest BCUT2D eigenvalue weighted by molar-refractivity contribution is 9.11. The molecule has 4 aromatic rings. The molecular weight excluding hydrogens is 685 g/mol. The Kier molecular flexibility index (Phi) is 11.7. The second kappa shape index (κ2) is 15.0. The first kappa shape index (κ1) is 32.8. The van der Waals surface area contributed by atoms with Gasteiger partial charge in [0.15, 0.2) is 0 Å². The highest BCUT2D eigenvalue weighted by Crippen LogP contribution is 2.32. The molecule has 1 unspecified atom stereocenters. The maximum atomic E-state index is 13.7. The molecule has 2 amide bonds. The lowest BCUT2D eigenvalue weighted by molar-refractivity contribution is -0.192. The maximum absolute atomic E-state index is 13.7. The number of aromatic nitrogens is 1. The van der Waals surface area contributed by atoms with Gasteiger partial charge in [0.25, 0.3) is 5.91 Å². The van der Waals surface area contributed by atoms with E-state index in [1.165, 1.54) is 0 Å². The SMILES string of the molecule is NCCC(=O)N(CCc1c[nH]c2ccccc12)C(C(=O)Nc1ccccc1)c1ccc(Br)cc1Br.O=C(O)C(F)(F)F. The number of amides is 2. The van der Waals surface area contributed by atoms with Crippen molar-refractivity contribution in [1.29, 1.82) is 0 Å². The number of nitrogens with two attached hydrogens (primary N) is 1. The summed E-state index contributed by atoms with van der Waals surface area (Å²) < 4.78 is 33.3. The summed E-state index contributed by atoms with van der Waals surface area (Å²) in [5, 5.41) is 11.2. The molecule has 5 N–H and O–H groups in total. The predicted molar refractivity (Wildman–Crippen MR) is 161 cm³/mol. The van der Waals surface area contributed by atoms with E-state index in [0.29, 0.717) is 24.2 Å². The zero-order chi connectivity index (χ0) is 30.9. The van der Waals surface area contributed by atoms with Crippen molar-refractivity contribution in [2.24, 2.45) is 5.73 Å². The van der Waals surface area contributed by atoms with Crippen LogP contribution in [0.5, 0.6) is 0 Å². The van der Waals surface area contributed by atoms with E-state index in [1.54, 1.807) is 4.90 Å². The third-order valence-corrected chi connectivity index (χ3v) is 7.26. The van der Waals surface area contributed by atoms with E-state index in [2.05, 4.69) is 48.2 Å². The summed E-state index contributed by atoms with van der Waals surface area (Å²) in [7, 11) is 0. The molecule has 1 aromatic heterocycles. The fourth-order valence-corrected chi connectivity index (χ4v) is 5.41. The van der Waals surface area contributed by atoms with E-state index in [9.17, 15) is 22.8 Å². The smallest absolute Gasteiger partial charge is 0.475 e. The molecule has 0 saturated heterocycles. The standard InChI is InChI=1S/C27H26Br2N4O2.C2HF3O2/c28-19-10-11-22(23(29)16-19)26(27(35)32-20-6-2-1-3-7-20)33(25(34)12-14-30)15-13-18-17-31-24-9-5-4-8-21(18)24;3-2(4,5)1(6)7/h1-11,16-17,26,31H,12-15,30H2,(H,32,35);(H,6,7). The third kappa shape index (κ3) is 8.91. The summed E-state index contributed by atoms with van der Waals surface area (Å²) in [5.41, 5.74) is 9.24. The summed E-state index contributed by atoms with van der Waals surface area (Å²) in [4.78, 5) is 40.9. The topological polar surface area (TPSA) is 129 Å². The third-order valence-electron chi connectivity index (χ3n) is 6.08. The molecule has 8 nitrogen and oxygen atoms in total. The van der Waals surface area contributed by atoms with Gasteiger partial charge in [-0.25, -0.2) is 4.79 Å². The van der Waals surface area contributed by atoms with Crippen molar-refractivity contribution in [2.45, 2.75) is 25.1 Å². The molecule has 0 bridgehead atoms. The molecule has 0 aliphatic rings. The van der Waals surface area contributed by atoms with Crippen LogP contribution in [0.1, 0.15) is 23.6 Å². The lowest BCUT2D eigenvalue weighted by Crippen LogP contribution is -2.43. The van der Waals surface area contributed by atoms with E-state index in [-0.39, 0.29) is 24.8 Å². The van der Waals surface area contributed by atoms with Crippen LogP contribution in [0.2, 0.25) is 0 Å². The highest BCUT2D eigenvalue weighted by Gasteiger charge is 2.38. The Morgan fingerprint density at radius 2 is 1.64 bits per heavy atom. The van der Waals surface area contributed by atoms with Gasteiger partial charge in [-0.3, -0.25) is 9.59 Å². The van der Waals surface area contributed by atoms with Crippen LogP contribution in [0.3, 0.4) is 0 Å². The van der Waals surface area contributed by atoms with Gasteiger partial charge in [0.1, 0.15) is 6.04 Å². The number of alkyl halides is 3. The second-order valence-electron chi connectivity index (χ2n) is 8.96. The summed E-state index contributed by atoms with van der Waals surface area (Å²) in [6.45, 7) is 0.563. The number of carbonyl (C=O) groups excluding carboxylic acids is 2. The monoisotopic (exact) mass is 710 g/mol. The number of aliphatic carboxylic acids is 1. The molecule has 0 fully saturated rings. The Bertz CT molecular complexity index is 1530. The number of H-pyrrole nitrogens is 1.